The van der Waals surface area contributed by atoms with E-state index in [2.05, 4.69) is 4.90 Å². The third kappa shape index (κ3) is 3.67. The fourth-order valence-corrected chi connectivity index (χ4v) is 2.25. The fourth-order valence-electron chi connectivity index (χ4n) is 2.25. The summed E-state index contributed by atoms with van der Waals surface area (Å²) in [5.74, 6) is 1.65. The Morgan fingerprint density at radius 1 is 1.05 bits per heavy atom. The van der Waals surface area contributed by atoms with Crippen LogP contribution >= 0.6 is 0 Å². The molecule has 0 spiro atoms. The molecule has 0 saturated carbocycles. The van der Waals surface area contributed by atoms with Gasteiger partial charge in [-0.3, -0.25) is 0 Å². The molecule has 112 valence electrons. The monoisotopic (exact) mass is 287 g/mol. The van der Waals surface area contributed by atoms with Crippen molar-refractivity contribution < 1.29 is 14.6 Å². The highest BCUT2D eigenvalue weighted by atomic mass is 16.5. The van der Waals surface area contributed by atoms with Crippen LogP contribution in [-0.4, -0.2) is 26.4 Å². The van der Waals surface area contributed by atoms with Crippen LogP contribution < -0.4 is 14.4 Å². The number of methoxy groups -OCH3 is 2. The molecule has 0 aromatic heterocycles. The van der Waals surface area contributed by atoms with Crippen molar-refractivity contribution in [2.75, 3.05) is 26.2 Å². The quantitative estimate of drug-likeness (QED) is 0.887. The van der Waals surface area contributed by atoms with Crippen molar-refractivity contribution >= 4 is 5.69 Å². The molecular weight excluding hydrogens is 266 g/mol. The Hall–Kier alpha value is -2.20. The summed E-state index contributed by atoms with van der Waals surface area (Å²) in [7, 11) is 5.33. The van der Waals surface area contributed by atoms with E-state index >= 15 is 0 Å². The number of hydrogen-bond acceptors (Lipinski definition) is 4. The van der Waals surface area contributed by atoms with Crippen molar-refractivity contribution in [1.29, 1.82) is 0 Å². The lowest BCUT2D eigenvalue weighted by Gasteiger charge is -2.21. The van der Waals surface area contributed by atoms with Crippen LogP contribution in [0.3, 0.4) is 0 Å². The Labute approximate surface area is 125 Å². The number of nitrogens with zero attached hydrogens (tertiary/aromatic N) is 1. The summed E-state index contributed by atoms with van der Waals surface area (Å²) < 4.78 is 10.6. The molecule has 21 heavy (non-hydrogen) atoms. The predicted molar refractivity (Wildman–Crippen MR) is 84.0 cm³/mol. The van der Waals surface area contributed by atoms with E-state index in [4.69, 9.17) is 9.47 Å². The van der Waals surface area contributed by atoms with Crippen molar-refractivity contribution in [3.8, 4) is 11.5 Å². The Bertz CT molecular complexity index is 598. The van der Waals surface area contributed by atoms with Gasteiger partial charge in [0.25, 0.3) is 0 Å². The zero-order chi connectivity index (χ0) is 15.2. The molecule has 0 heterocycles. The van der Waals surface area contributed by atoms with Gasteiger partial charge in [-0.25, -0.2) is 0 Å². The molecule has 0 amide bonds. The van der Waals surface area contributed by atoms with Gasteiger partial charge in [-0.2, -0.15) is 0 Å². The largest absolute Gasteiger partial charge is 0.497 e. The maximum absolute atomic E-state index is 9.27. The van der Waals surface area contributed by atoms with Crippen LogP contribution in [0.2, 0.25) is 0 Å². The Balaban J connectivity index is 2.23. The topological polar surface area (TPSA) is 41.9 Å². The lowest BCUT2D eigenvalue weighted by molar-refractivity contribution is 0.281. The average Bonchev–Trinajstić information content (AvgIpc) is 2.54. The number of rotatable bonds is 6. The molecule has 1 N–H and O–H groups in total. The fraction of sp³-hybridized carbons (Fsp3) is 0.294. The van der Waals surface area contributed by atoms with Gasteiger partial charge in [0.1, 0.15) is 11.5 Å². The maximum atomic E-state index is 9.27. The van der Waals surface area contributed by atoms with Gasteiger partial charge in [-0.15, -0.1) is 0 Å². The molecule has 0 saturated heterocycles. The lowest BCUT2D eigenvalue weighted by Crippen LogP contribution is -2.17. The molecule has 0 fully saturated rings. The number of ether oxygens (including phenoxy) is 2. The molecule has 0 bridgehead atoms. The minimum Gasteiger partial charge on any atom is -0.497 e. The van der Waals surface area contributed by atoms with Gasteiger partial charge in [0.2, 0.25) is 0 Å². The van der Waals surface area contributed by atoms with E-state index in [0.717, 1.165) is 28.3 Å². The van der Waals surface area contributed by atoms with E-state index in [0.29, 0.717) is 6.54 Å². The second-order valence-corrected chi connectivity index (χ2v) is 4.86. The van der Waals surface area contributed by atoms with Crippen LogP contribution in [0, 0.1) is 0 Å². The van der Waals surface area contributed by atoms with Crippen LogP contribution in [-0.2, 0) is 13.2 Å². The summed E-state index contributed by atoms with van der Waals surface area (Å²) in [6.45, 7) is 0.712. The zero-order valence-electron chi connectivity index (χ0n) is 12.7. The van der Waals surface area contributed by atoms with E-state index in [9.17, 15) is 5.11 Å². The van der Waals surface area contributed by atoms with Gasteiger partial charge < -0.3 is 19.5 Å². The lowest BCUT2D eigenvalue weighted by atomic mass is 10.1. The summed E-state index contributed by atoms with van der Waals surface area (Å²) in [4.78, 5) is 2.11. The first-order valence-corrected chi connectivity index (χ1v) is 6.79. The van der Waals surface area contributed by atoms with Crippen molar-refractivity contribution in [2.24, 2.45) is 0 Å². The van der Waals surface area contributed by atoms with E-state index in [1.54, 1.807) is 14.2 Å². The molecule has 0 radical (unpaired) electrons. The second kappa shape index (κ2) is 6.99. The minimum absolute atomic E-state index is 0.0276. The Kier molecular flexibility index (Phi) is 5.06. The van der Waals surface area contributed by atoms with Crippen LogP contribution in [0.25, 0.3) is 0 Å². The third-order valence-corrected chi connectivity index (χ3v) is 3.43. The van der Waals surface area contributed by atoms with Gasteiger partial charge in [-0.1, -0.05) is 12.1 Å². The normalized spacial score (nSPS) is 10.3. The molecule has 0 unspecified atom stereocenters. The molecule has 4 heteroatoms. The SMILES string of the molecule is COc1cccc(N(C)Cc2cc(CO)ccc2OC)c1. The standard InChI is InChI=1S/C17H21NO3/c1-18(15-5-4-6-16(10-15)20-2)11-14-9-13(12-19)7-8-17(14)21-3/h4-10,19H,11-12H2,1-3H3. The summed E-state index contributed by atoms with van der Waals surface area (Å²) in [5, 5.41) is 9.27. The number of aliphatic hydroxyl groups is 1. The van der Waals surface area contributed by atoms with Crippen LogP contribution in [0.4, 0.5) is 5.69 Å². The molecular formula is C17H21NO3. The Morgan fingerprint density at radius 2 is 1.86 bits per heavy atom. The number of anilines is 1. The van der Waals surface area contributed by atoms with E-state index in [1.807, 2.05) is 49.5 Å². The summed E-state index contributed by atoms with van der Waals surface area (Å²) in [5.41, 5.74) is 2.98. The number of benzene rings is 2. The van der Waals surface area contributed by atoms with Crippen molar-refractivity contribution in [2.45, 2.75) is 13.2 Å². The van der Waals surface area contributed by atoms with Gasteiger partial charge in [0.05, 0.1) is 20.8 Å². The number of hydrogen-bond donors (Lipinski definition) is 1. The first-order valence-electron chi connectivity index (χ1n) is 6.79. The van der Waals surface area contributed by atoms with Crippen LogP contribution in [0.5, 0.6) is 11.5 Å². The summed E-state index contributed by atoms with van der Waals surface area (Å²) >= 11 is 0. The van der Waals surface area contributed by atoms with Crippen molar-refractivity contribution in [3.63, 3.8) is 0 Å². The molecule has 2 aromatic carbocycles. The first-order chi connectivity index (χ1) is 10.2. The molecule has 0 aliphatic rings. The molecule has 2 rings (SSSR count). The second-order valence-electron chi connectivity index (χ2n) is 4.86. The number of aliphatic hydroxyl groups excluding tert-OH is 1. The van der Waals surface area contributed by atoms with E-state index in [1.165, 1.54) is 0 Å². The van der Waals surface area contributed by atoms with E-state index < -0.39 is 0 Å². The Morgan fingerprint density at radius 3 is 2.52 bits per heavy atom. The highest BCUT2D eigenvalue weighted by Crippen LogP contribution is 2.25. The summed E-state index contributed by atoms with van der Waals surface area (Å²) in [6.07, 6.45) is 0. The maximum Gasteiger partial charge on any atom is 0.123 e. The van der Waals surface area contributed by atoms with Crippen LogP contribution in [0.15, 0.2) is 42.5 Å². The van der Waals surface area contributed by atoms with Crippen LogP contribution in [0.1, 0.15) is 11.1 Å². The first kappa shape index (κ1) is 15.2. The van der Waals surface area contributed by atoms with Gasteiger partial charge in [-0.05, 0) is 29.8 Å². The van der Waals surface area contributed by atoms with E-state index in [-0.39, 0.29) is 6.61 Å². The minimum atomic E-state index is 0.0276. The predicted octanol–water partition coefficient (Wildman–Crippen LogP) is 2.83. The van der Waals surface area contributed by atoms with Gasteiger partial charge >= 0.3 is 0 Å². The van der Waals surface area contributed by atoms with Crippen molar-refractivity contribution in [1.82, 2.24) is 0 Å². The zero-order valence-corrected chi connectivity index (χ0v) is 12.7. The van der Waals surface area contributed by atoms with Crippen molar-refractivity contribution in [3.05, 3.63) is 53.6 Å². The molecule has 0 aliphatic carbocycles. The molecule has 0 aliphatic heterocycles. The highest BCUT2D eigenvalue weighted by Gasteiger charge is 2.09. The summed E-state index contributed by atoms with van der Waals surface area (Å²) in [6, 6.07) is 13.6. The van der Waals surface area contributed by atoms with Gasteiger partial charge in [0.15, 0.2) is 0 Å². The molecule has 2 aromatic rings. The molecule has 4 nitrogen and oxygen atoms in total. The smallest absolute Gasteiger partial charge is 0.123 e. The average molecular weight is 287 g/mol. The third-order valence-electron chi connectivity index (χ3n) is 3.43. The highest BCUT2D eigenvalue weighted by molar-refractivity contribution is 5.51. The molecule has 0 atom stereocenters. The van der Waals surface area contributed by atoms with Gasteiger partial charge in [0, 0.05) is 30.9 Å².